The van der Waals surface area contributed by atoms with Crippen LogP contribution in [0.15, 0.2) is 65.8 Å². The first-order chi connectivity index (χ1) is 11.2. The molecule has 6 heteroatoms. The van der Waals surface area contributed by atoms with Crippen molar-refractivity contribution >= 4 is 40.1 Å². The fraction of sp³-hybridized carbons (Fsp3) is 0. The third kappa shape index (κ3) is 4.08. The zero-order valence-corrected chi connectivity index (χ0v) is 12.8. The molecule has 0 amide bonds. The van der Waals surface area contributed by atoms with Gasteiger partial charge in [0.1, 0.15) is 5.82 Å². The highest BCUT2D eigenvalue weighted by Crippen LogP contribution is 2.11. The summed E-state index contributed by atoms with van der Waals surface area (Å²) in [6, 6.07) is 17.6. The predicted molar refractivity (Wildman–Crippen MR) is 95.1 cm³/mol. The van der Waals surface area contributed by atoms with E-state index in [0.29, 0.717) is 10.8 Å². The lowest BCUT2D eigenvalue weighted by molar-refractivity contribution is 0.628. The molecular weight excluding hydrogens is 311 g/mol. The zero-order valence-electron chi connectivity index (χ0n) is 12.0. The number of hydrogen-bond donors (Lipinski definition) is 2. The van der Waals surface area contributed by atoms with E-state index in [-0.39, 0.29) is 5.82 Å². The fourth-order valence-corrected chi connectivity index (χ4v) is 2.17. The van der Waals surface area contributed by atoms with Crippen LogP contribution in [0.1, 0.15) is 5.69 Å². The molecule has 0 saturated carbocycles. The van der Waals surface area contributed by atoms with Crippen molar-refractivity contribution in [3.63, 3.8) is 0 Å². The van der Waals surface area contributed by atoms with Gasteiger partial charge in [-0.3, -0.25) is 5.43 Å². The molecule has 4 nitrogen and oxygen atoms in total. The van der Waals surface area contributed by atoms with E-state index >= 15 is 0 Å². The number of thiocarbonyl (C=S) groups is 1. The first kappa shape index (κ1) is 15.1. The van der Waals surface area contributed by atoms with E-state index in [4.69, 9.17) is 12.2 Å². The van der Waals surface area contributed by atoms with Crippen LogP contribution in [0.3, 0.4) is 0 Å². The molecule has 0 aliphatic carbocycles. The molecule has 3 aromatic rings. The molecule has 114 valence electrons. The lowest BCUT2D eigenvalue weighted by Gasteiger charge is -2.06. The fourth-order valence-electron chi connectivity index (χ4n) is 2.00. The highest BCUT2D eigenvalue weighted by molar-refractivity contribution is 7.80. The molecule has 0 bridgehead atoms. The molecule has 0 unspecified atom stereocenters. The summed E-state index contributed by atoms with van der Waals surface area (Å²) in [6.07, 6.45) is 1.59. The number of pyridine rings is 1. The number of fused-ring (bicyclic) bond motifs is 1. The summed E-state index contributed by atoms with van der Waals surface area (Å²) >= 11 is 5.11. The first-order valence-electron chi connectivity index (χ1n) is 6.92. The molecule has 3 rings (SSSR count). The second kappa shape index (κ2) is 6.93. The van der Waals surface area contributed by atoms with Gasteiger partial charge in [0.05, 0.1) is 17.4 Å². The molecule has 0 aliphatic rings. The number of anilines is 1. The highest BCUT2D eigenvalue weighted by atomic mass is 32.1. The number of benzene rings is 2. The van der Waals surface area contributed by atoms with Crippen LogP contribution < -0.4 is 10.7 Å². The van der Waals surface area contributed by atoms with Crippen LogP contribution in [0.4, 0.5) is 10.1 Å². The molecular formula is C17H13FN4S. The van der Waals surface area contributed by atoms with Gasteiger partial charge < -0.3 is 5.32 Å². The smallest absolute Gasteiger partial charge is 0.191 e. The van der Waals surface area contributed by atoms with Crippen molar-refractivity contribution in [2.24, 2.45) is 5.10 Å². The number of nitrogens with one attached hydrogen (secondary N) is 2. The third-order valence-corrected chi connectivity index (χ3v) is 3.28. The minimum Gasteiger partial charge on any atom is -0.331 e. The maximum absolute atomic E-state index is 12.8. The van der Waals surface area contributed by atoms with Crippen LogP contribution >= 0.6 is 12.2 Å². The Labute approximate surface area is 138 Å². The number of para-hydroxylation sites is 1. The maximum atomic E-state index is 12.8. The normalized spacial score (nSPS) is 10.8. The number of halogens is 1. The van der Waals surface area contributed by atoms with Crippen LogP contribution in [0.2, 0.25) is 0 Å². The van der Waals surface area contributed by atoms with Gasteiger partial charge in [-0.15, -0.1) is 0 Å². The van der Waals surface area contributed by atoms with Gasteiger partial charge in [-0.2, -0.15) is 5.10 Å². The maximum Gasteiger partial charge on any atom is 0.191 e. The number of rotatable bonds is 3. The van der Waals surface area contributed by atoms with Crippen LogP contribution in [0.5, 0.6) is 0 Å². The van der Waals surface area contributed by atoms with Crippen molar-refractivity contribution in [3.8, 4) is 0 Å². The van der Waals surface area contributed by atoms with Crippen molar-refractivity contribution in [2.45, 2.75) is 0 Å². The van der Waals surface area contributed by atoms with E-state index in [1.165, 1.54) is 12.1 Å². The average molecular weight is 324 g/mol. The Kier molecular flexibility index (Phi) is 4.54. The van der Waals surface area contributed by atoms with Crippen molar-refractivity contribution in [1.82, 2.24) is 10.4 Å². The summed E-state index contributed by atoms with van der Waals surface area (Å²) < 4.78 is 12.8. The molecule has 23 heavy (non-hydrogen) atoms. The highest BCUT2D eigenvalue weighted by Gasteiger charge is 1.97. The molecule has 0 saturated heterocycles. The summed E-state index contributed by atoms with van der Waals surface area (Å²) in [7, 11) is 0. The van der Waals surface area contributed by atoms with E-state index in [2.05, 4.69) is 20.8 Å². The van der Waals surface area contributed by atoms with Gasteiger partial charge in [0.15, 0.2) is 5.11 Å². The Balaban J connectivity index is 1.60. The van der Waals surface area contributed by atoms with Crippen LogP contribution in [-0.2, 0) is 0 Å². The van der Waals surface area contributed by atoms with E-state index < -0.39 is 0 Å². The van der Waals surface area contributed by atoms with Crippen LogP contribution in [-0.4, -0.2) is 16.3 Å². The minimum absolute atomic E-state index is 0.296. The topological polar surface area (TPSA) is 49.3 Å². The summed E-state index contributed by atoms with van der Waals surface area (Å²) in [5.74, 6) is -0.296. The van der Waals surface area contributed by atoms with Gasteiger partial charge >= 0.3 is 0 Å². The summed E-state index contributed by atoms with van der Waals surface area (Å²) in [4.78, 5) is 4.47. The first-order valence-corrected chi connectivity index (χ1v) is 7.33. The largest absolute Gasteiger partial charge is 0.331 e. The Morgan fingerprint density at radius 2 is 1.83 bits per heavy atom. The molecule has 0 fully saturated rings. The van der Waals surface area contributed by atoms with Gasteiger partial charge in [-0.05, 0) is 48.6 Å². The van der Waals surface area contributed by atoms with Gasteiger partial charge in [0, 0.05) is 11.1 Å². The lowest BCUT2D eigenvalue weighted by atomic mass is 10.2. The molecule has 1 heterocycles. The molecule has 0 radical (unpaired) electrons. The average Bonchev–Trinajstić information content (AvgIpc) is 2.57. The third-order valence-electron chi connectivity index (χ3n) is 3.08. The Morgan fingerprint density at radius 1 is 1.04 bits per heavy atom. The van der Waals surface area contributed by atoms with E-state index in [1.54, 1.807) is 18.3 Å². The number of hydrogen-bond acceptors (Lipinski definition) is 3. The quantitative estimate of drug-likeness (QED) is 0.438. The second-order valence-electron chi connectivity index (χ2n) is 4.76. The monoisotopic (exact) mass is 324 g/mol. The van der Waals surface area contributed by atoms with Crippen molar-refractivity contribution in [3.05, 3.63) is 72.2 Å². The summed E-state index contributed by atoms with van der Waals surface area (Å²) in [5.41, 5.74) is 5.01. The number of hydrazone groups is 1. The van der Waals surface area contributed by atoms with Gasteiger partial charge in [0.2, 0.25) is 0 Å². The SMILES string of the molecule is Fc1ccc(NC(=S)N/N=C/c2ccc3ccccc3n2)cc1. The van der Waals surface area contributed by atoms with E-state index in [0.717, 1.165) is 16.6 Å². The molecule has 0 atom stereocenters. The van der Waals surface area contributed by atoms with Gasteiger partial charge in [-0.25, -0.2) is 9.37 Å². The molecule has 0 aliphatic heterocycles. The second-order valence-corrected chi connectivity index (χ2v) is 5.17. The summed E-state index contributed by atoms with van der Waals surface area (Å²) in [6.45, 7) is 0. The Morgan fingerprint density at radius 3 is 2.65 bits per heavy atom. The summed E-state index contributed by atoms with van der Waals surface area (Å²) in [5, 5.41) is 8.34. The molecule has 0 spiro atoms. The van der Waals surface area contributed by atoms with E-state index in [1.807, 2.05) is 36.4 Å². The molecule has 2 N–H and O–H groups in total. The predicted octanol–water partition coefficient (Wildman–Crippen LogP) is 3.69. The number of aromatic nitrogens is 1. The van der Waals surface area contributed by atoms with Crippen molar-refractivity contribution in [2.75, 3.05) is 5.32 Å². The molecule has 1 aromatic heterocycles. The lowest BCUT2D eigenvalue weighted by Crippen LogP contribution is -2.23. The van der Waals surface area contributed by atoms with Gasteiger partial charge in [-0.1, -0.05) is 24.3 Å². The number of nitrogens with zero attached hydrogens (tertiary/aromatic N) is 2. The van der Waals surface area contributed by atoms with Crippen molar-refractivity contribution in [1.29, 1.82) is 0 Å². The molecule has 2 aromatic carbocycles. The standard InChI is InChI=1S/C17H13FN4S/c18-13-6-9-14(10-7-13)21-17(23)22-19-11-15-8-5-12-3-1-2-4-16(12)20-15/h1-11H,(H2,21,22,23)/b19-11+. The zero-order chi connectivity index (χ0) is 16.1. The van der Waals surface area contributed by atoms with E-state index in [9.17, 15) is 4.39 Å². The minimum atomic E-state index is -0.296. The van der Waals surface area contributed by atoms with Crippen LogP contribution in [0.25, 0.3) is 10.9 Å². The van der Waals surface area contributed by atoms with Crippen molar-refractivity contribution < 1.29 is 4.39 Å². The Bertz CT molecular complexity index is 862. The van der Waals surface area contributed by atoms with Gasteiger partial charge in [0.25, 0.3) is 0 Å². The van der Waals surface area contributed by atoms with Crippen LogP contribution in [0, 0.1) is 5.82 Å². The Hall–Kier alpha value is -2.86.